The van der Waals surface area contributed by atoms with Gasteiger partial charge < -0.3 is 11.1 Å². The number of nitrogens with one attached hydrogen (secondary N) is 1. The van der Waals surface area contributed by atoms with Crippen LogP contribution in [0.2, 0.25) is 5.02 Å². The average Bonchev–Trinajstić information content (AvgIpc) is 2.86. The fraction of sp³-hybridized carbons (Fsp3) is 0.143. The lowest BCUT2D eigenvalue weighted by Crippen LogP contribution is -2.14. The fourth-order valence-corrected chi connectivity index (χ4v) is 2.42. The molecule has 0 bridgehead atoms. The third kappa shape index (κ3) is 4.07. The van der Waals surface area contributed by atoms with Crippen LogP contribution in [0.3, 0.4) is 0 Å². The molecular weight excluding hydrogens is 294 g/mol. The monoisotopic (exact) mass is 305 g/mol. The number of thiazole rings is 1. The van der Waals surface area contributed by atoms with Gasteiger partial charge in [0, 0.05) is 5.02 Å². The van der Waals surface area contributed by atoms with E-state index in [1.54, 1.807) is 12.3 Å². The predicted molar refractivity (Wildman–Crippen MR) is 81.8 cm³/mol. The zero-order valence-corrected chi connectivity index (χ0v) is 12.1. The van der Waals surface area contributed by atoms with Gasteiger partial charge in [-0.2, -0.15) is 0 Å². The number of nitrogens with zero attached hydrogens (tertiary/aromatic N) is 1. The molecule has 0 fully saturated rings. The molecular formula is C14H12ClN3OS. The zero-order chi connectivity index (χ0) is 14.4. The van der Waals surface area contributed by atoms with Crippen LogP contribution in [0.1, 0.15) is 10.4 Å². The van der Waals surface area contributed by atoms with Gasteiger partial charge in [-0.1, -0.05) is 53.0 Å². The molecule has 4 nitrogen and oxygen atoms in total. The molecule has 3 N–H and O–H groups in total. The number of nitrogens with two attached hydrogens (primary N) is 1. The summed E-state index contributed by atoms with van der Waals surface area (Å²) in [7, 11) is 0. The molecule has 0 radical (unpaired) electrons. The van der Waals surface area contributed by atoms with Crippen molar-refractivity contribution in [2.75, 3.05) is 11.9 Å². The van der Waals surface area contributed by atoms with Crippen LogP contribution < -0.4 is 11.1 Å². The van der Waals surface area contributed by atoms with E-state index in [0.29, 0.717) is 16.7 Å². The van der Waals surface area contributed by atoms with E-state index in [9.17, 15) is 4.79 Å². The third-order valence-corrected chi connectivity index (χ3v) is 3.57. The van der Waals surface area contributed by atoms with Crippen molar-refractivity contribution < 1.29 is 4.79 Å². The maximum atomic E-state index is 11.9. The lowest BCUT2D eigenvalue weighted by Gasteiger charge is -2.03. The molecule has 2 aromatic rings. The van der Waals surface area contributed by atoms with Crippen molar-refractivity contribution in [3.05, 3.63) is 45.9 Å². The van der Waals surface area contributed by atoms with E-state index in [1.807, 2.05) is 18.2 Å². The van der Waals surface area contributed by atoms with Gasteiger partial charge in [0.25, 0.3) is 0 Å². The summed E-state index contributed by atoms with van der Waals surface area (Å²) in [6.07, 6.45) is 1.82. The molecule has 1 amide bonds. The summed E-state index contributed by atoms with van der Waals surface area (Å²) >= 11 is 7.32. The summed E-state index contributed by atoms with van der Waals surface area (Å²) < 4.78 is 0. The van der Waals surface area contributed by atoms with Crippen molar-refractivity contribution in [1.29, 1.82) is 0 Å². The second-order valence-electron chi connectivity index (χ2n) is 3.85. The van der Waals surface area contributed by atoms with E-state index in [4.69, 9.17) is 17.3 Å². The van der Waals surface area contributed by atoms with Crippen LogP contribution in [-0.2, 0) is 11.2 Å². The number of halogens is 1. The number of amides is 1. The first-order valence-electron chi connectivity index (χ1n) is 5.87. The lowest BCUT2D eigenvalue weighted by atomic mass is 10.1. The Kier molecular flexibility index (Phi) is 5.13. The summed E-state index contributed by atoms with van der Waals surface area (Å²) in [6.45, 7) is 0.298. The lowest BCUT2D eigenvalue weighted by molar-refractivity contribution is -0.115. The molecule has 0 spiro atoms. The van der Waals surface area contributed by atoms with Gasteiger partial charge >= 0.3 is 0 Å². The Hall–Kier alpha value is -1.87. The molecule has 2 rings (SSSR count). The fourth-order valence-electron chi connectivity index (χ4n) is 1.51. The Morgan fingerprint density at radius 2 is 2.25 bits per heavy atom. The first kappa shape index (κ1) is 14.5. The van der Waals surface area contributed by atoms with Crippen LogP contribution in [-0.4, -0.2) is 17.4 Å². The van der Waals surface area contributed by atoms with Gasteiger partial charge in [-0.3, -0.25) is 4.79 Å². The molecule has 0 aliphatic carbocycles. The van der Waals surface area contributed by atoms with Crippen LogP contribution in [0.25, 0.3) is 0 Å². The third-order valence-electron chi connectivity index (χ3n) is 2.37. The quantitative estimate of drug-likeness (QED) is 0.855. The van der Waals surface area contributed by atoms with Gasteiger partial charge in [0.2, 0.25) is 5.91 Å². The average molecular weight is 306 g/mol. The number of anilines is 1. The molecule has 20 heavy (non-hydrogen) atoms. The van der Waals surface area contributed by atoms with Crippen LogP contribution in [0, 0.1) is 11.8 Å². The number of aromatic nitrogens is 1. The number of rotatable bonds is 3. The molecule has 0 unspecified atom stereocenters. The van der Waals surface area contributed by atoms with Crippen LogP contribution >= 0.6 is 22.9 Å². The molecule has 1 heterocycles. The largest absolute Gasteiger partial charge is 0.320 e. The maximum Gasteiger partial charge on any atom is 0.230 e. The highest BCUT2D eigenvalue weighted by atomic mass is 35.5. The Balaban J connectivity index is 1.98. The minimum absolute atomic E-state index is 0.161. The zero-order valence-electron chi connectivity index (χ0n) is 10.5. The molecule has 0 aliphatic rings. The van der Waals surface area contributed by atoms with Crippen LogP contribution in [0.4, 0.5) is 5.13 Å². The smallest absolute Gasteiger partial charge is 0.230 e. The number of carbonyl (C=O) groups is 1. The first-order valence-corrected chi connectivity index (χ1v) is 7.06. The number of hydrogen-bond acceptors (Lipinski definition) is 4. The van der Waals surface area contributed by atoms with Crippen LogP contribution in [0.5, 0.6) is 0 Å². The molecule has 6 heteroatoms. The van der Waals surface area contributed by atoms with Crippen molar-refractivity contribution in [2.24, 2.45) is 5.73 Å². The van der Waals surface area contributed by atoms with E-state index >= 15 is 0 Å². The van der Waals surface area contributed by atoms with Gasteiger partial charge in [-0.25, -0.2) is 4.98 Å². The highest BCUT2D eigenvalue weighted by Gasteiger charge is 2.09. The maximum absolute atomic E-state index is 11.9. The summed E-state index contributed by atoms with van der Waals surface area (Å²) in [5, 5.41) is 3.82. The second kappa shape index (κ2) is 7.06. The van der Waals surface area contributed by atoms with Gasteiger partial charge in [0.05, 0.1) is 24.0 Å². The highest BCUT2D eigenvalue weighted by molar-refractivity contribution is 7.16. The molecule has 1 aromatic heterocycles. The summed E-state index contributed by atoms with van der Waals surface area (Å²) in [5.41, 5.74) is 6.08. The van der Waals surface area contributed by atoms with Crippen molar-refractivity contribution in [1.82, 2.24) is 4.98 Å². The van der Waals surface area contributed by atoms with E-state index < -0.39 is 0 Å². The molecule has 0 saturated heterocycles. The number of hydrogen-bond donors (Lipinski definition) is 2. The topological polar surface area (TPSA) is 68.0 Å². The van der Waals surface area contributed by atoms with E-state index in [-0.39, 0.29) is 12.3 Å². The molecule has 102 valence electrons. The highest BCUT2D eigenvalue weighted by Crippen LogP contribution is 2.19. The number of benzene rings is 1. The molecule has 1 aromatic carbocycles. The van der Waals surface area contributed by atoms with Gasteiger partial charge in [0.1, 0.15) is 0 Å². The van der Waals surface area contributed by atoms with Gasteiger partial charge in [0.15, 0.2) is 5.13 Å². The standard InChI is InChI=1S/C14H12ClN3OS/c15-12-6-2-1-4-10(12)8-13(19)18-14-17-9-11(20-14)5-3-7-16/h1-2,4,6,9H,7-8,16H2,(H,17,18,19). The van der Waals surface area contributed by atoms with Gasteiger partial charge in [-0.05, 0) is 11.6 Å². The van der Waals surface area contributed by atoms with Crippen molar-refractivity contribution in [3.8, 4) is 11.8 Å². The Labute approximate surface area is 126 Å². The van der Waals surface area contributed by atoms with E-state index in [1.165, 1.54) is 11.3 Å². The Morgan fingerprint density at radius 3 is 3.00 bits per heavy atom. The molecule has 0 saturated carbocycles. The van der Waals surface area contributed by atoms with Crippen molar-refractivity contribution >= 4 is 34.0 Å². The van der Waals surface area contributed by atoms with E-state index in [0.717, 1.165) is 10.4 Å². The molecule has 0 aliphatic heterocycles. The first-order chi connectivity index (χ1) is 9.69. The second-order valence-corrected chi connectivity index (χ2v) is 5.29. The Bertz CT molecular complexity index is 672. The van der Waals surface area contributed by atoms with Crippen molar-refractivity contribution in [3.63, 3.8) is 0 Å². The minimum Gasteiger partial charge on any atom is -0.320 e. The summed E-state index contributed by atoms with van der Waals surface area (Å²) in [6, 6.07) is 7.25. The summed E-state index contributed by atoms with van der Waals surface area (Å²) in [4.78, 5) is 16.7. The van der Waals surface area contributed by atoms with Crippen molar-refractivity contribution in [2.45, 2.75) is 6.42 Å². The normalized spacial score (nSPS) is 9.70. The van der Waals surface area contributed by atoms with E-state index in [2.05, 4.69) is 22.1 Å². The summed E-state index contributed by atoms with van der Waals surface area (Å²) in [5.74, 6) is 5.44. The van der Waals surface area contributed by atoms with Crippen LogP contribution in [0.15, 0.2) is 30.5 Å². The molecule has 0 atom stereocenters. The minimum atomic E-state index is -0.161. The Morgan fingerprint density at radius 1 is 1.45 bits per heavy atom. The SMILES string of the molecule is NCC#Cc1cnc(NC(=O)Cc2ccccc2Cl)s1. The number of carbonyl (C=O) groups excluding carboxylic acids is 1. The predicted octanol–water partition coefficient (Wildman–Crippen LogP) is 2.29. The van der Waals surface area contributed by atoms with Gasteiger partial charge in [-0.15, -0.1) is 0 Å².